The smallest absolute Gasteiger partial charge is 0.366 e. The number of esters is 1. The molecule has 0 unspecified atom stereocenters. The average molecular weight is 545 g/mol. The molecule has 12 nitrogen and oxygen atoms in total. The van der Waals surface area contributed by atoms with E-state index in [4.69, 9.17) is 9.47 Å². The summed E-state index contributed by atoms with van der Waals surface area (Å²) in [6, 6.07) is 11.5. The highest BCUT2D eigenvalue weighted by Gasteiger charge is 2.48. The maximum atomic E-state index is 13.1. The quantitative estimate of drug-likeness (QED) is 0.203. The molecule has 40 heavy (non-hydrogen) atoms. The van der Waals surface area contributed by atoms with Crippen LogP contribution in [0.15, 0.2) is 54.0 Å². The van der Waals surface area contributed by atoms with Crippen LogP contribution in [0.4, 0.5) is 10.5 Å². The van der Waals surface area contributed by atoms with Gasteiger partial charge in [-0.05, 0) is 56.1 Å². The first-order valence-corrected chi connectivity index (χ1v) is 12.5. The van der Waals surface area contributed by atoms with Gasteiger partial charge in [-0.25, -0.2) is 9.59 Å². The summed E-state index contributed by atoms with van der Waals surface area (Å²) < 4.78 is 10.3. The van der Waals surface area contributed by atoms with Gasteiger partial charge in [-0.3, -0.25) is 14.9 Å². The SMILES string of the molecule is COc1ccc2c(c1)C(=O)N(C[C@@]1(C#Cc3ccc(NC4=C(NCCN(C)C)C(=O)O4)cc3)NC(=O)NC1=O)C2. The third kappa shape index (κ3) is 5.27. The molecule has 1 saturated heterocycles. The van der Waals surface area contributed by atoms with Crippen molar-refractivity contribution in [3.05, 3.63) is 70.7 Å². The summed E-state index contributed by atoms with van der Waals surface area (Å²) in [4.78, 5) is 53.3. The zero-order valence-electron chi connectivity index (χ0n) is 22.2. The lowest BCUT2D eigenvalue weighted by molar-refractivity contribution is -0.141. The molecule has 0 aromatic heterocycles. The van der Waals surface area contributed by atoms with Crippen LogP contribution in [0, 0.1) is 11.8 Å². The van der Waals surface area contributed by atoms with Gasteiger partial charge in [0.1, 0.15) is 5.75 Å². The number of carbonyl (C=O) groups excluding carboxylic acids is 4. The lowest BCUT2D eigenvalue weighted by Gasteiger charge is -2.26. The highest BCUT2D eigenvalue weighted by molar-refractivity contribution is 6.10. The summed E-state index contributed by atoms with van der Waals surface area (Å²) in [5, 5.41) is 10.9. The number of hydrogen-bond donors (Lipinski definition) is 4. The van der Waals surface area contributed by atoms with Crippen LogP contribution in [0.25, 0.3) is 0 Å². The number of cyclic esters (lactones) is 1. The number of benzene rings is 2. The fourth-order valence-electron chi connectivity index (χ4n) is 4.44. The van der Waals surface area contributed by atoms with Gasteiger partial charge in [0, 0.05) is 36.4 Å². The first-order chi connectivity index (χ1) is 19.2. The maximum Gasteiger partial charge on any atom is 0.366 e. The Bertz CT molecular complexity index is 1490. The number of ether oxygens (including phenoxy) is 2. The third-order valence-electron chi connectivity index (χ3n) is 6.62. The van der Waals surface area contributed by atoms with E-state index in [1.807, 2.05) is 19.0 Å². The predicted octanol–water partition coefficient (Wildman–Crippen LogP) is 0.570. The number of fused-ring (bicyclic) bond motifs is 1. The largest absolute Gasteiger partial charge is 0.497 e. The molecule has 0 aliphatic carbocycles. The molecule has 0 spiro atoms. The van der Waals surface area contributed by atoms with Crippen LogP contribution in [0.3, 0.4) is 0 Å². The summed E-state index contributed by atoms with van der Waals surface area (Å²) in [7, 11) is 5.40. The lowest BCUT2D eigenvalue weighted by atomic mass is 9.99. The van der Waals surface area contributed by atoms with Crippen LogP contribution >= 0.6 is 0 Å². The van der Waals surface area contributed by atoms with Crippen molar-refractivity contribution in [2.24, 2.45) is 0 Å². The second-order valence-corrected chi connectivity index (χ2v) is 9.77. The Morgan fingerprint density at radius 1 is 1.12 bits per heavy atom. The second-order valence-electron chi connectivity index (χ2n) is 9.77. The molecule has 2 aromatic carbocycles. The van der Waals surface area contributed by atoms with Crippen LogP contribution in [-0.4, -0.2) is 80.0 Å². The van der Waals surface area contributed by atoms with Gasteiger partial charge in [0.2, 0.25) is 11.4 Å². The van der Waals surface area contributed by atoms with E-state index in [2.05, 4.69) is 33.1 Å². The standard InChI is InChI=1S/C28H28N6O6/c1-33(2)13-12-29-22-23(40-25(22)36)30-19-7-4-17(5-8-19)10-11-28(26(37)31-27(38)32-28)16-34-15-18-6-9-20(39-3)14-21(18)24(34)35/h4-9,14,29-30H,12-13,15-16H2,1-3H3,(H2,31,32,37,38)/t28-/m1/s1. The number of carbonyl (C=O) groups is 4. The van der Waals surface area contributed by atoms with Crippen molar-refractivity contribution < 1.29 is 28.7 Å². The van der Waals surface area contributed by atoms with Gasteiger partial charge < -0.3 is 35.2 Å². The summed E-state index contributed by atoms with van der Waals surface area (Å²) in [6.07, 6.45) is 0. The Hall–Kier alpha value is -5.02. The number of nitrogens with one attached hydrogen (secondary N) is 4. The summed E-state index contributed by atoms with van der Waals surface area (Å²) in [5.41, 5.74) is 1.28. The Morgan fingerprint density at radius 3 is 2.55 bits per heavy atom. The molecule has 1 fully saturated rings. The normalized spacial score (nSPS) is 19.4. The molecule has 1 atom stereocenters. The molecular formula is C28H28N6O6. The van der Waals surface area contributed by atoms with E-state index in [-0.39, 0.29) is 19.0 Å². The van der Waals surface area contributed by atoms with E-state index in [0.717, 1.165) is 12.1 Å². The Morgan fingerprint density at radius 2 is 1.90 bits per heavy atom. The Balaban J connectivity index is 1.30. The summed E-state index contributed by atoms with van der Waals surface area (Å²) in [6.45, 7) is 1.49. The number of likely N-dealkylation sites (N-methyl/N-ethyl adjacent to an activating group) is 1. The van der Waals surface area contributed by atoms with E-state index in [9.17, 15) is 19.2 Å². The van der Waals surface area contributed by atoms with Crippen LogP contribution in [-0.2, 0) is 20.9 Å². The molecule has 3 aliphatic rings. The maximum absolute atomic E-state index is 13.1. The molecule has 0 bridgehead atoms. The fraction of sp³-hybridized carbons (Fsp3) is 0.286. The van der Waals surface area contributed by atoms with Crippen LogP contribution in [0.2, 0.25) is 0 Å². The Kier molecular flexibility index (Phi) is 7.06. The van der Waals surface area contributed by atoms with Crippen molar-refractivity contribution in [2.75, 3.05) is 46.2 Å². The molecule has 4 N–H and O–H groups in total. The van der Waals surface area contributed by atoms with Crippen molar-refractivity contribution in [3.8, 4) is 17.6 Å². The van der Waals surface area contributed by atoms with Gasteiger partial charge in [-0.1, -0.05) is 17.9 Å². The van der Waals surface area contributed by atoms with E-state index in [1.54, 1.807) is 42.5 Å². The first-order valence-electron chi connectivity index (χ1n) is 12.5. The minimum atomic E-state index is -1.62. The van der Waals surface area contributed by atoms with Gasteiger partial charge in [-0.2, -0.15) is 0 Å². The molecule has 3 heterocycles. The van der Waals surface area contributed by atoms with E-state index in [1.165, 1.54) is 12.0 Å². The predicted molar refractivity (Wildman–Crippen MR) is 144 cm³/mol. The van der Waals surface area contributed by atoms with Crippen LogP contribution < -0.4 is 26.0 Å². The number of anilines is 1. The highest BCUT2D eigenvalue weighted by Crippen LogP contribution is 2.28. The van der Waals surface area contributed by atoms with E-state index < -0.39 is 23.4 Å². The van der Waals surface area contributed by atoms with Crippen LogP contribution in [0.5, 0.6) is 5.75 Å². The number of amides is 4. The van der Waals surface area contributed by atoms with Crippen molar-refractivity contribution in [2.45, 2.75) is 12.1 Å². The zero-order valence-corrected chi connectivity index (χ0v) is 22.2. The molecular weight excluding hydrogens is 516 g/mol. The molecule has 0 saturated carbocycles. The molecule has 5 rings (SSSR count). The fourth-order valence-corrected chi connectivity index (χ4v) is 4.44. The van der Waals surface area contributed by atoms with Crippen LogP contribution in [0.1, 0.15) is 21.5 Å². The van der Waals surface area contributed by atoms with Crippen molar-refractivity contribution in [3.63, 3.8) is 0 Å². The average Bonchev–Trinajstić information content (AvgIpc) is 3.39. The molecule has 2 aromatic rings. The molecule has 12 heteroatoms. The lowest BCUT2D eigenvalue weighted by Crippen LogP contribution is -2.54. The third-order valence-corrected chi connectivity index (χ3v) is 6.62. The second kappa shape index (κ2) is 10.6. The minimum absolute atomic E-state index is 0.129. The topological polar surface area (TPSA) is 141 Å². The van der Waals surface area contributed by atoms with E-state index in [0.29, 0.717) is 40.7 Å². The number of urea groups is 1. The molecule has 206 valence electrons. The number of nitrogens with zero attached hydrogens (tertiary/aromatic N) is 2. The first kappa shape index (κ1) is 26.6. The molecule has 4 amide bonds. The van der Waals surface area contributed by atoms with Gasteiger partial charge in [-0.15, -0.1) is 0 Å². The number of hydrogen-bond acceptors (Lipinski definition) is 9. The number of methoxy groups -OCH3 is 1. The van der Waals surface area contributed by atoms with Gasteiger partial charge >= 0.3 is 12.0 Å². The summed E-state index contributed by atoms with van der Waals surface area (Å²) in [5.74, 6) is 5.39. The minimum Gasteiger partial charge on any atom is -0.497 e. The van der Waals surface area contributed by atoms with Crippen molar-refractivity contribution >= 4 is 29.5 Å². The van der Waals surface area contributed by atoms with Crippen molar-refractivity contribution in [1.29, 1.82) is 0 Å². The van der Waals surface area contributed by atoms with Gasteiger partial charge in [0.05, 0.1) is 13.7 Å². The van der Waals surface area contributed by atoms with Gasteiger partial charge in [0.15, 0.2) is 5.70 Å². The summed E-state index contributed by atoms with van der Waals surface area (Å²) >= 11 is 0. The monoisotopic (exact) mass is 544 g/mol. The van der Waals surface area contributed by atoms with Gasteiger partial charge in [0.25, 0.3) is 11.8 Å². The highest BCUT2D eigenvalue weighted by atomic mass is 16.6. The van der Waals surface area contributed by atoms with Crippen molar-refractivity contribution in [1.82, 2.24) is 25.8 Å². The number of imide groups is 1. The van der Waals surface area contributed by atoms with E-state index >= 15 is 0 Å². The number of rotatable bonds is 9. The molecule has 0 radical (unpaired) electrons. The zero-order chi connectivity index (χ0) is 28.4. The Labute approximate surface area is 230 Å². The molecule has 3 aliphatic heterocycles.